The third-order valence-corrected chi connectivity index (χ3v) is 7.30. The summed E-state index contributed by atoms with van der Waals surface area (Å²) in [6.45, 7) is 0.626. The van der Waals surface area contributed by atoms with Gasteiger partial charge >= 0.3 is 0 Å². The lowest BCUT2D eigenvalue weighted by Crippen LogP contribution is -2.66. The molecule has 0 bridgehead atoms. The van der Waals surface area contributed by atoms with Crippen LogP contribution in [0.1, 0.15) is 27.7 Å². The number of rotatable bonds is 1. The fourth-order valence-electron chi connectivity index (χ4n) is 5.71. The maximum Gasteiger partial charge on any atom is 0.278 e. The van der Waals surface area contributed by atoms with Gasteiger partial charge in [-0.1, -0.05) is 30.3 Å². The molecular weight excluding hydrogens is 484 g/mol. The lowest BCUT2D eigenvalue weighted by Gasteiger charge is -2.51. The van der Waals surface area contributed by atoms with E-state index < -0.39 is 40.9 Å². The molecule has 8 nitrogen and oxygen atoms in total. The van der Waals surface area contributed by atoms with Gasteiger partial charge in [0.2, 0.25) is 5.43 Å². The first-order valence-electron chi connectivity index (χ1n) is 11.7. The van der Waals surface area contributed by atoms with Crippen molar-refractivity contribution in [3.8, 4) is 28.2 Å². The van der Waals surface area contributed by atoms with Gasteiger partial charge in [-0.25, -0.2) is 8.78 Å². The van der Waals surface area contributed by atoms with Crippen molar-refractivity contribution in [2.75, 3.05) is 24.8 Å². The molecule has 0 saturated carbocycles. The zero-order chi connectivity index (χ0) is 25.4. The molecule has 4 aromatic rings. The van der Waals surface area contributed by atoms with Crippen LogP contribution in [0.15, 0.2) is 70.2 Å². The van der Waals surface area contributed by atoms with E-state index in [2.05, 4.69) is 0 Å². The van der Waals surface area contributed by atoms with Gasteiger partial charge < -0.3 is 19.2 Å². The molecule has 1 amide bonds. The minimum Gasteiger partial charge on any atom is -0.502 e. The molecule has 1 N–H and O–H groups in total. The van der Waals surface area contributed by atoms with Gasteiger partial charge in [-0.2, -0.15) is 0 Å². The van der Waals surface area contributed by atoms with Gasteiger partial charge in [0.25, 0.3) is 5.91 Å². The summed E-state index contributed by atoms with van der Waals surface area (Å²) >= 11 is 0. The van der Waals surface area contributed by atoms with E-state index in [1.54, 1.807) is 11.1 Å². The zero-order valence-corrected chi connectivity index (χ0v) is 19.2. The first kappa shape index (κ1) is 21.8. The van der Waals surface area contributed by atoms with Gasteiger partial charge in [-0.05, 0) is 23.3 Å². The monoisotopic (exact) mass is 503 g/mol. The van der Waals surface area contributed by atoms with Crippen LogP contribution < -0.4 is 10.4 Å². The number of halogens is 2. The summed E-state index contributed by atoms with van der Waals surface area (Å²) in [5.41, 5.74) is 1.33. The number of hydrogen-bond donors (Lipinski definition) is 1. The van der Waals surface area contributed by atoms with Crippen molar-refractivity contribution < 1.29 is 27.8 Å². The Hall–Kier alpha value is -4.44. The summed E-state index contributed by atoms with van der Waals surface area (Å²) < 4.78 is 43.2. The quantitative estimate of drug-likeness (QED) is 0.427. The molecule has 1 fully saturated rings. The molecule has 7 rings (SSSR count). The van der Waals surface area contributed by atoms with Crippen LogP contribution in [0.2, 0.25) is 0 Å². The molecule has 0 unspecified atom stereocenters. The second kappa shape index (κ2) is 7.78. The van der Waals surface area contributed by atoms with Gasteiger partial charge in [0.15, 0.2) is 23.1 Å². The Balaban J connectivity index is 1.59. The van der Waals surface area contributed by atoms with Gasteiger partial charge in [0, 0.05) is 35.5 Å². The lowest BCUT2D eigenvalue weighted by molar-refractivity contribution is -0.0196. The second-order valence-corrected chi connectivity index (χ2v) is 9.13. The van der Waals surface area contributed by atoms with Crippen molar-refractivity contribution in [3.05, 3.63) is 99.7 Å². The van der Waals surface area contributed by atoms with E-state index in [0.29, 0.717) is 28.0 Å². The molecule has 3 aliphatic rings. The largest absolute Gasteiger partial charge is 0.502 e. The fraction of sp³-hybridized carbons (Fsp3) is 0.185. The Kier molecular flexibility index (Phi) is 4.58. The van der Waals surface area contributed by atoms with Crippen molar-refractivity contribution in [1.82, 2.24) is 9.58 Å². The molecule has 1 saturated heterocycles. The number of ether oxygens (including phenoxy) is 1. The minimum absolute atomic E-state index is 0.0388. The van der Waals surface area contributed by atoms with Gasteiger partial charge in [0.05, 0.1) is 25.5 Å². The fourth-order valence-corrected chi connectivity index (χ4v) is 5.71. The predicted octanol–water partition coefficient (Wildman–Crippen LogP) is 3.61. The SMILES string of the molecule is O=C1c2c(O)c(=O)ccn2N([C@@H]2c3ccccc3-c3occc3-c3c2ccc(F)c3F)[C@@H]2COCCN12. The molecule has 0 radical (unpaired) electrons. The highest BCUT2D eigenvalue weighted by Gasteiger charge is 2.46. The molecule has 37 heavy (non-hydrogen) atoms. The third-order valence-electron chi connectivity index (χ3n) is 7.30. The Labute approximate surface area is 208 Å². The molecule has 0 spiro atoms. The molecule has 2 atom stereocenters. The van der Waals surface area contributed by atoms with Crippen molar-refractivity contribution in [1.29, 1.82) is 0 Å². The van der Waals surface area contributed by atoms with Crippen LogP contribution >= 0.6 is 0 Å². The van der Waals surface area contributed by atoms with E-state index in [1.165, 1.54) is 28.1 Å². The smallest absolute Gasteiger partial charge is 0.278 e. The Morgan fingerprint density at radius 1 is 0.973 bits per heavy atom. The first-order valence-corrected chi connectivity index (χ1v) is 11.7. The maximum atomic E-state index is 15.6. The van der Waals surface area contributed by atoms with E-state index in [-0.39, 0.29) is 31.0 Å². The van der Waals surface area contributed by atoms with E-state index in [0.717, 1.165) is 12.1 Å². The maximum absolute atomic E-state index is 15.6. The average molecular weight is 503 g/mol. The molecule has 2 aromatic heterocycles. The summed E-state index contributed by atoms with van der Waals surface area (Å²) in [5, 5.41) is 12.5. The van der Waals surface area contributed by atoms with Crippen LogP contribution in [0.5, 0.6) is 5.75 Å². The van der Waals surface area contributed by atoms with Crippen molar-refractivity contribution in [3.63, 3.8) is 0 Å². The number of furan rings is 1. The summed E-state index contributed by atoms with van der Waals surface area (Å²) in [5.74, 6) is -2.84. The van der Waals surface area contributed by atoms with Gasteiger partial charge in [0.1, 0.15) is 11.9 Å². The number of carbonyl (C=O) groups excluding carboxylic acids is 1. The number of nitrogens with zero attached hydrogens (tertiary/aromatic N) is 3. The average Bonchev–Trinajstić information content (AvgIpc) is 3.35. The van der Waals surface area contributed by atoms with E-state index in [1.807, 2.05) is 24.3 Å². The number of aromatic hydroxyl groups is 1. The molecule has 2 aliphatic heterocycles. The second-order valence-electron chi connectivity index (χ2n) is 9.13. The van der Waals surface area contributed by atoms with Crippen molar-refractivity contribution >= 4 is 5.91 Å². The van der Waals surface area contributed by atoms with E-state index >= 15 is 4.39 Å². The van der Waals surface area contributed by atoms with Crippen molar-refractivity contribution in [2.45, 2.75) is 12.2 Å². The Morgan fingerprint density at radius 2 is 1.81 bits per heavy atom. The number of carbonyl (C=O) groups is 1. The lowest BCUT2D eigenvalue weighted by atomic mass is 9.92. The summed E-state index contributed by atoms with van der Waals surface area (Å²) in [7, 11) is 0. The predicted molar refractivity (Wildman–Crippen MR) is 128 cm³/mol. The molecule has 1 aliphatic carbocycles. The van der Waals surface area contributed by atoms with Crippen LogP contribution in [0.25, 0.3) is 22.5 Å². The molecular formula is C27H19F2N3O5. The third kappa shape index (κ3) is 2.90. The number of fused-ring (bicyclic) bond motifs is 7. The van der Waals surface area contributed by atoms with Crippen LogP contribution in [0.3, 0.4) is 0 Å². The van der Waals surface area contributed by atoms with Gasteiger partial charge in [-0.3, -0.25) is 19.3 Å². The number of benzene rings is 2. The Morgan fingerprint density at radius 3 is 2.68 bits per heavy atom. The van der Waals surface area contributed by atoms with E-state index in [9.17, 15) is 19.1 Å². The van der Waals surface area contributed by atoms with Crippen LogP contribution in [0, 0.1) is 11.6 Å². The van der Waals surface area contributed by atoms with Gasteiger partial charge in [-0.15, -0.1) is 0 Å². The highest BCUT2D eigenvalue weighted by atomic mass is 19.2. The number of amides is 1. The van der Waals surface area contributed by atoms with E-state index in [4.69, 9.17) is 9.15 Å². The molecule has 10 heteroatoms. The zero-order valence-electron chi connectivity index (χ0n) is 19.2. The summed E-state index contributed by atoms with van der Waals surface area (Å²) in [4.78, 5) is 27.3. The standard InChI is InChI=1S/C27H19F2N3O5/c28-18-6-5-16-21(22(18)29)17-8-11-37-26(17)15-4-2-1-3-14(15)23(16)32-20-13-36-12-10-30(20)27(35)24-25(34)19(33)7-9-31(24)32/h1-9,11,20,23,34H,10,12-13H2/t20-,23-/m1/s1. The molecule has 186 valence electrons. The minimum atomic E-state index is -1.02. The van der Waals surface area contributed by atoms with Crippen LogP contribution in [0.4, 0.5) is 8.78 Å². The highest BCUT2D eigenvalue weighted by Crippen LogP contribution is 2.49. The highest BCUT2D eigenvalue weighted by molar-refractivity contribution is 5.97. The van der Waals surface area contributed by atoms with Crippen LogP contribution in [-0.2, 0) is 4.74 Å². The number of aromatic nitrogens is 1. The van der Waals surface area contributed by atoms with Crippen molar-refractivity contribution in [2.24, 2.45) is 0 Å². The Bertz CT molecular complexity index is 1660. The number of pyridine rings is 1. The summed E-state index contributed by atoms with van der Waals surface area (Å²) in [6.07, 6.45) is 2.18. The topological polar surface area (TPSA) is 88.2 Å². The number of morpholine rings is 1. The summed E-state index contributed by atoms with van der Waals surface area (Å²) in [6, 6.07) is 11.9. The molecule has 2 aromatic carbocycles. The molecule has 4 heterocycles. The normalized spacial score (nSPS) is 19.9. The number of hydrogen-bond acceptors (Lipinski definition) is 6. The van der Waals surface area contributed by atoms with Crippen LogP contribution in [-0.4, -0.2) is 46.5 Å². The first-order chi connectivity index (χ1) is 18.0.